The third-order valence-corrected chi connectivity index (χ3v) is 7.61. The summed E-state index contributed by atoms with van der Waals surface area (Å²) < 4.78 is 56.2. The topological polar surface area (TPSA) is 183 Å². The number of nitrogens with two attached hydrogens (primary N) is 3. The number of hydrogen-bond acceptors (Lipinski definition) is 11. The molecule has 0 saturated carbocycles. The van der Waals surface area contributed by atoms with Crippen LogP contribution in [-0.2, 0) is 9.47 Å². The van der Waals surface area contributed by atoms with Gasteiger partial charge in [-0.2, -0.15) is 14.4 Å². The number of halogens is 3. The number of imidazole rings is 2. The molecule has 8 atom stereocenters. The van der Waals surface area contributed by atoms with Gasteiger partial charge in [-0.1, -0.05) is 27.7 Å². The molecule has 4 aromatic rings. The Morgan fingerprint density at radius 3 is 1.68 bits per heavy atom. The summed E-state index contributed by atoms with van der Waals surface area (Å²) in [7, 11) is 0. The Kier molecular flexibility index (Phi) is 7.39. The molecule has 0 radical (unpaired) electrons. The number of nitrogen functional groups attached to an aromatic ring is 3. The molecule has 6 heterocycles. The number of ether oxygens (including phenoxy) is 2. The van der Waals surface area contributed by atoms with Crippen LogP contribution < -0.4 is 17.2 Å². The van der Waals surface area contributed by atoms with Crippen molar-refractivity contribution in [3.8, 4) is 0 Å². The Hall–Kier alpha value is -3.79. The van der Waals surface area contributed by atoms with Gasteiger partial charge in [0, 0.05) is 11.8 Å². The first-order valence-corrected chi connectivity index (χ1v) is 13.1. The maximum Gasteiger partial charge on any atom is 0.328 e. The van der Waals surface area contributed by atoms with Crippen LogP contribution in [0.4, 0.5) is 30.8 Å². The van der Waals surface area contributed by atoms with Gasteiger partial charge in [0.15, 0.2) is 22.9 Å². The molecule has 0 spiro atoms. The molecular weight excluding hydrogens is 531 g/mol. The standard InChI is InChI=1S/C12H15F2N5O.C12H17FN6O/c1-3-7-5(2)8(13)9(20-7)6-4-16-11-10(15)17-12(14)18-19(6)11;1-3-7-5(2)8(13)9(20-7)6-4-16-11-10(14)17-12(15)18-19(6)11/h4-5,7-9H,3H2,1-2H3,(H2,15,17,18);4-5,7-9H,3H2,1-2H3,(H4,14,15,17,18)/t2*5-,7-,8-,9+/m11/s1. The van der Waals surface area contributed by atoms with E-state index in [1.807, 2.05) is 20.8 Å². The van der Waals surface area contributed by atoms with Crippen LogP contribution in [0.5, 0.6) is 0 Å². The summed E-state index contributed by atoms with van der Waals surface area (Å²) in [6.45, 7) is 7.55. The monoisotopic (exact) mass is 563 g/mol. The summed E-state index contributed by atoms with van der Waals surface area (Å²) in [4.78, 5) is 15.4. The van der Waals surface area contributed by atoms with Gasteiger partial charge in [-0.25, -0.2) is 27.8 Å². The molecule has 0 aromatic carbocycles. The molecule has 13 nitrogen and oxygen atoms in total. The van der Waals surface area contributed by atoms with E-state index in [2.05, 4.69) is 30.1 Å². The summed E-state index contributed by atoms with van der Waals surface area (Å²) >= 11 is 0. The van der Waals surface area contributed by atoms with Gasteiger partial charge in [-0.15, -0.1) is 10.2 Å². The van der Waals surface area contributed by atoms with Crippen LogP contribution in [0, 0.1) is 17.9 Å². The van der Waals surface area contributed by atoms with Crippen LogP contribution in [0.3, 0.4) is 0 Å². The Morgan fingerprint density at radius 2 is 1.23 bits per heavy atom. The zero-order valence-electron chi connectivity index (χ0n) is 22.4. The largest absolute Gasteiger partial charge is 0.380 e. The predicted octanol–water partition coefficient (Wildman–Crippen LogP) is 2.78. The summed E-state index contributed by atoms with van der Waals surface area (Å²) in [6, 6.07) is 0. The van der Waals surface area contributed by atoms with Crippen molar-refractivity contribution in [3.05, 3.63) is 29.9 Å². The van der Waals surface area contributed by atoms with E-state index in [1.54, 1.807) is 6.92 Å². The molecule has 2 aliphatic rings. The van der Waals surface area contributed by atoms with Gasteiger partial charge in [-0.3, -0.25) is 0 Å². The number of fused-ring (bicyclic) bond motifs is 2. The van der Waals surface area contributed by atoms with Gasteiger partial charge in [0.1, 0.15) is 24.6 Å². The molecular formula is C24H32F3N11O2. The van der Waals surface area contributed by atoms with E-state index < -0.39 is 30.6 Å². The maximum atomic E-state index is 14.4. The van der Waals surface area contributed by atoms with Crippen LogP contribution in [0.15, 0.2) is 12.4 Å². The predicted molar refractivity (Wildman–Crippen MR) is 139 cm³/mol. The zero-order valence-corrected chi connectivity index (χ0v) is 22.4. The fraction of sp³-hybridized carbons (Fsp3) is 0.583. The average Bonchev–Trinajstić information content (AvgIpc) is 3.66. The summed E-state index contributed by atoms with van der Waals surface area (Å²) in [5.74, 6) is -0.316. The molecule has 6 N–H and O–H groups in total. The van der Waals surface area contributed by atoms with Crippen LogP contribution in [0.25, 0.3) is 11.3 Å². The van der Waals surface area contributed by atoms with E-state index in [0.29, 0.717) is 23.5 Å². The number of alkyl halides is 2. The van der Waals surface area contributed by atoms with E-state index in [4.69, 9.17) is 26.7 Å². The lowest BCUT2D eigenvalue weighted by Gasteiger charge is -2.12. The van der Waals surface area contributed by atoms with Crippen LogP contribution >= 0.6 is 0 Å². The lowest BCUT2D eigenvalue weighted by Crippen LogP contribution is -2.18. The van der Waals surface area contributed by atoms with Crippen molar-refractivity contribution >= 4 is 28.9 Å². The highest BCUT2D eigenvalue weighted by Gasteiger charge is 2.45. The molecule has 2 fully saturated rings. The fourth-order valence-electron chi connectivity index (χ4n) is 5.36. The third-order valence-electron chi connectivity index (χ3n) is 7.61. The highest BCUT2D eigenvalue weighted by Crippen LogP contribution is 2.41. The number of nitrogens with zero attached hydrogens (tertiary/aromatic N) is 8. The van der Waals surface area contributed by atoms with Crippen LogP contribution in [-0.4, -0.2) is 63.7 Å². The van der Waals surface area contributed by atoms with Gasteiger partial charge in [0.25, 0.3) is 0 Å². The number of rotatable bonds is 4. The van der Waals surface area contributed by atoms with Crippen LogP contribution in [0.2, 0.25) is 0 Å². The third kappa shape index (κ3) is 4.64. The molecule has 2 saturated heterocycles. The Labute approximate surface area is 227 Å². The van der Waals surface area contributed by atoms with Crippen molar-refractivity contribution < 1.29 is 22.6 Å². The van der Waals surface area contributed by atoms with E-state index >= 15 is 0 Å². The average molecular weight is 564 g/mol. The number of aromatic nitrogens is 8. The minimum atomic E-state index is -1.20. The van der Waals surface area contributed by atoms with Gasteiger partial charge in [0.2, 0.25) is 5.95 Å². The first-order valence-electron chi connectivity index (χ1n) is 13.1. The Bertz CT molecular complexity index is 1400. The van der Waals surface area contributed by atoms with E-state index in [-0.39, 0.29) is 47.3 Å². The van der Waals surface area contributed by atoms with Crippen LogP contribution in [0.1, 0.15) is 64.1 Å². The van der Waals surface area contributed by atoms with E-state index in [0.717, 1.165) is 6.42 Å². The Morgan fingerprint density at radius 1 is 0.775 bits per heavy atom. The molecule has 0 bridgehead atoms. The van der Waals surface area contributed by atoms with Crippen molar-refractivity contribution in [2.45, 2.75) is 77.3 Å². The molecule has 40 heavy (non-hydrogen) atoms. The molecule has 216 valence electrons. The number of hydrogen-bond donors (Lipinski definition) is 3. The summed E-state index contributed by atoms with van der Waals surface area (Å²) in [6.07, 6.45) is -0.726. The van der Waals surface area contributed by atoms with Gasteiger partial charge in [0.05, 0.1) is 36.0 Å². The second-order valence-corrected chi connectivity index (χ2v) is 10.1. The lowest BCUT2D eigenvalue weighted by molar-refractivity contribution is 0.0195. The summed E-state index contributed by atoms with van der Waals surface area (Å²) in [5, 5.41) is 7.65. The first-order chi connectivity index (χ1) is 19.0. The van der Waals surface area contributed by atoms with Gasteiger partial charge < -0.3 is 26.7 Å². The van der Waals surface area contributed by atoms with E-state index in [9.17, 15) is 13.2 Å². The minimum absolute atomic E-state index is 0.0164. The molecule has 6 rings (SSSR count). The second-order valence-electron chi connectivity index (χ2n) is 10.1. The SMILES string of the molecule is CC[C@H]1O[C@@H](c2cnc3c(N)nc(F)nn23)[C@H](F)[C@@H]1C.CC[C@H]1O[C@@H](c2cnc3c(N)nc(N)nn23)[C@H](F)[C@@H]1C. The minimum Gasteiger partial charge on any atom is -0.380 e. The smallest absolute Gasteiger partial charge is 0.328 e. The van der Waals surface area contributed by atoms with Crippen molar-refractivity contribution in [1.82, 2.24) is 39.2 Å². The van der Waals surface area contributed by atoms with E-state index in [1.165, 1.54) is 21.4 Å². The normalized spacial score (nSPS) is 30.2. The van der Waals surface area contributed by atoms with Gasteiger partial charge >= 0.3 is 6.08 Å². The van der Waals surface area contributed by atoms with Gasteiger partial charge in [-0.05, 0) is 12.8 Å². The first kappa shape index (κ1) is 27.8. The lowest BCUT2D eigenvalue weighted by atomic mass is 9.97. The molecule has 0 amide bonds. The van der Waals surface area contributed by atoms with Crippen molar-refractivity contribution in [2.24, 2.45) is 11.8 Å². The van der Waals surface area contributed by atoms with Crippen molar-refractivity contribution in [2.75, 3.05) is 17.2 Å². The molecule has 4 aromatic heterocycles. The molecule has 16 heteroatoms. The highest BCUT2D eigenvalue weighted by molar-refractivity contribution is 5.61. The highest BCUT2D eigenvalue weighted by atomic mass is 19.1. The summed E-state index contributed by atoms with van der Waals surface area (Å²) in [5.41, 5.74) is 18.3. The van der Waals surface area contributed by atoms with Crippen molar-refractivity contribution in [3.63, 3.8) is 0 Å². The fourth-order valence-corrected chi connectivity index (χ4v) is 5.36. The maximum absolute atomic E-state index is 14.4. The quantitative estimate of drug-likeness (QED) is 0.332. The van der Waals surface area contributed by atoms with Crippen molar-refractivity contribution in [1.29, 1.82) is 0 Å². The zero-order chi connectivity index (χ0) is 28.9. The number of anilines is 3. The molecule has 0 aliphatic carbocycles. The second kappa shape index (κ2) is 10.6. The Balaban J connectivity index is 0.000000161. The molecule has 0 unspecified atom stereocenters. The molecule has 2 aliphatic heterocycles.